The molecular formula is C17H21NO3. The molecule has 1 aliphatic heterocycles. The van der Waals surface area contributed by atoms with E-state index in [4.69, 9.17) is 4.74 Å². The molecule has 4 heteroatoms. The summed E-state index contributed by atoms with van der Waals surface area (Å²) < 4.78 is 5.39. The summed E-state index contributed by atoms with van der Waals surface area (Å²) in [4.78, 5) is 24.9. The highest BCUT2D eigenvalue weighted by Crippen LogP contribution is 2.38. The summed E-state index contributed by atoms with van der Waals surface area (Å²) in [7, 11) is 0. The zero-order valence-electron chi connectivity index (χ0n) is 12.1. The van der Waals surface area contributed by atoms with Crippen LogP contribution >= 0.6 is 0 Å². The molecule has 21 heavy (non-hydrogen) atoms. The van der Waals surface area contributed by atoms with Crippen molar-refractivity contribution in [3.63, 3.8) is 0 Å². The molecule has 2 aliphatic rings. The van der Waals surface area contributed by atoms with Gasteiger partial charge in [-0.25, -0.2) is 4.79 Å². The predicted octanol–water partition coefficient (Wildman–Crippen LogP) is 2.87. The summed E-state index contributed by atoms with van der Waals surface area (Å²) in [6.45, 7) is 1.84. The molecule has 3 rings (SSSR count). The minimum atomic E-state index is -0.226. The van der Waals surface area contributed by atoms with Crippen molar-refractivity contribution in [1.29, 1.82) is 0 Å². The molecule has 112 valence electrons. The molecule has 3 atom stereocenters. The van der Waals surface area contributed by atoms with Crippen molar-refractivity contribution in [3.8, 4) is 0 Å². The standard InChI is InChI=1S/C17H21NO3/c19-11-14-6-7-15-9-18(10-16(15)8-14)17(20)21-12-13-4-2-1-3-5-13/h1-5,11,14-16H,6-10,12H2. The third-order valence-corrected chi connectivity index (χ3v) is 4.75. The van der Waals surface area contributed by atoms with Crippen LogP contribution in [0.2, 0.25) is 0 Å². The number of benzene rings is 1. The first-order valence-corrected chi connectivity index (χ1v) is 7.67. The van der Waals surface area contributed by atoms with Gasteiger partial charge in [0, 0.05) is 19.0 Å². The Labute approximate surface area is 125 Å². The van der Waals surface area contributed by atoms with Gasteiger partial charge in [-0.3, -0.25) is 0 Å². The Kier molecular flexibility index (Phi) is 4.23. The monoisotopic (exact) mass is 287 g/mol. The number of fused-ring (bicyclic) bond motifs is 1. The van der Waals surface area contributed by atoms with E-state index in [0.29, 0.717) is 18.4 Å². The molecule has 0 spiro atoms. The molecule has 3 unspecified atom stereocenters. The SMILES string of the molecule is O=CC1CCC2CN(C(=O)OCc3ccccc3)CC2C1. The molecule has 0 aromatic heterocycles. The molecule has 1 aliphatic carbocycles. The second-order valence-electron chi connectivity index (χ2n) is 6.17. The fourth-order valence-electron chi connectivity index (χ4n) is 3.55. The van der Waals surface area contributed by atoms with Crippen LogP contribution < -0.4 is 0 Å². The van der Waals surface area contributed by atoms with Gasteiger partial charge in [0.25, 0.3) is 0 Å². The lowest BCUT2D eigenvalue weighted by Gasteiger charge is -2.27. The minimum absolute atomic E-state index is 0.187. The van der Waals surface area contributed by atoms with Crippen LogP contribution in [0.3, 0.4) is 0 Å². The van der Waals surface area contributed by atoms with E-state index < -0.39 is 0 Å². The second-order valence-corrected chi connectivity index (χ2v) is 6.17. The van der Waals surface area contributed by atoms with E-state index in [-0.39, 0.29) is 12.0 Å². The number of hydrogen-bond donors (Lipinski definition) is 0. The Balaban J connectivity index is 1.51. The smallest absolute Gasteiger partial charge is 0.410 e. The van der Waals surface area contributed by atoms with Crippen LogP contribution in [0.5, 0.6) is 0 Å². The summed E-state index contributed by atoms with van der Waals surface area (Å²) in [6.07, 6.45) is 3.80. The molecule has 0 N–H and O–H groups in total. The van der Waals surface area contributed by atoms with Crippen LogP contribution in [0.4, 0.5) is 4.79 Å². The maximum atomic E-state index is 12.1. The molecule has 4 nitrogen and oxygen atoms in total. The molecule has 1 heterocycles. The maximum absolute atomic E-state index is 12.1. The van der Waals surface area contributed by atoms with Gasteiger partial charge in [-0.05, 0) is 36.7 Å². The van der Waals surface area contributed by atoms with E-state index >= 15 is 0 Å². The fourth-order valence-corrected chi connectivity index (χ4v) is 3.55. The lowest BCUT2D eigenvalue weighted by Crippen LogP contribution is -2.29. The van der Waals surface area contributed by atoms with E-state index in [1.807, 2.05) is 35.2 Å². The van der Waals surface area contributed by atoms with Crippen LogP contribution in [0, 0.1) is 17.8 Å². The first kappa shape index (κ1) is 14.1. The summed E-state index contributed by atoms with van der Waals surface area (Å²) in [5.41, 5.74) is 1.00. The number of amides is 1. The Bertz CT molecular complexity index is 502. The highest BCUT2D eigenvalue weighted by Gasteiger charge is 2.39. The maximum Gasteiger partial charge on any atom is 0.410 e. The van der Waals surface area contributed by atoms with Crippen molar-refractivity contribution in [2.75, 3.05) is 13.1 Å². The van der Waals surface area contributed by atoms with Gasteiger partial charge in [0.2, 0.25) is 0 Å². The molecular weight excluding hydrogens is 266 g/mol. The zero-order valence-corrected chi connectivity index (χ0v) is 12.1. The van der Waals surface area contributed by atoms with Crippen molar-refractivity contribution in [3.05, 3.63) is 35.9 Å². The van der Waals surface area contributed by atoms with Gasteiger partial charge in [0.15, 0.2) is 0 Å². The van der Waals surface area contributed by atoms with Crippen LogP contribution in [-0.4, -0.2) is 30.4 Å². The molecule has 1 aromatic carbocycles. The van der Waals surface area contributed by atoms with E-state index in [9.17, 15) is 9.59 Å². The summed E-state index contributed by atoms with van der Waals surface area (Å²) in [5.74, 6) is 1.20. The predicted molar refractivity (Wildman–Crippen MR) is 78.6 cm³/mol. The van der Waals surface area contributed by atoms with E-state index in [2.05, 4.69) is 0 Å². The Hall–Kier alpha value is -1.84. The first-order chi connectivity index (χ1) is 10.3. The number of nitrogens with zero attached hydrogens (tertiary/aromatic N) is 1. The Morgan fingerprint density at radius 1 is 1.19 bits per heavy atom. The number of carbonyl (C=O) groups is 2. The molecule has 1 saturated carbocycles. The molecule has 1 amide bonds. The van der Waals surface area contributed by atoms with E-state index in [1.165, 1.54) is 0 Å². The number of aldehydes is 1. The van der Waals surface area contributed by atoms with Gasteiger partial charge in [0.05, 0.1) is 0 Å². The summed E-state index contributed by atoms with van der Waals surface area (Å²) >= 11 is 0. The van der Waals surface area contributed by atoms with Crippen molar-refractivity contribution >= 4 is 12.4 Å². The molecule has 1 aromatic rings. The highest BCUT2D eigenvalue weighted by molar-refractivity contribution is 5.68. The number of carbonyl (C=O) groups excluding carboxylic acids is 2. The van der Waals surface area contributed by atoms with E-state index in [0.717, 1.165) is 44.2 Å². The third kappa shape index (κ3) is 3.26. The van der Waals surface area contributed by atoms with Gasteiger partial charge in [-0.1, -0.05) is 30.3 Å². The van der Waals surface area contributed by atoms with Gasteiger partial charge in [-0.2, -0.15) is 0 Å². The Morgan fingerprint density at radius 2 is 1.95 bits per heavy atom. The lowest BCUT2D eigenvalue weighted by molar-refractivity contribution is -0.112. The Morgan fingerprint density at radius 3 is 2.71 bits per heavy atom. The topological polar surface area (TPSA) is 46.6 Å². The molecule has 1 saturated heterocycles. The highest BCUT2D eigenvalue weighted by atomic mass is 16.6. The largest absolute Gasteiger partial charge is 0.445 e. The first-order valence-electron chi connectivity index (χ1n) is 7.67. The zero-order chi connectivity index (χ0) is 14.7. The number of ether oxygens (including phenoxy) is 1. The molecule has 0 bridgehead atoms. The van der Waals surface area contributed by atoms with Crippen LogP contribution in [0.25, 0.3) is 0 Å². The summed E-state index contributed by atoms with van der Waals surface area (Å²) in [6, 6.07) is 9.72. The van der Waals surface area contributed by atoms with Gasteiger partial charge < -0.3 is 14.4 Å². The number of likely N-dealkylation sites (tertiary alicyclic amines) is 1. The normalized spacial score (nSPS) is 28.0. The average Bonchev–Trinajstić information content (AvgIpc) is 2.96. The molecule has 0 radical (unpaired) electrons. The fraction of sp³-hybridized carbons (Fsp3) is 0.529. The second kappa shape index (κ2) is 6.29. The van der Waals surface area contributed by atoms with E-state index in [1.54, 1.807) is 0 Å². The van der Waals surface area contributed by atoms with Crippen LogP contribution in [-0.2, 0) is 16.1 Å². The van der Waals surface area contributed by atoms with Gasteiger partial charge in [-0.15, -0.1) is 0 Å². The van der Waals surface area contributed by atoms with Crippen LogP contribution in [0.15, 0.2) is 30.3 Å². The van der Waals surface area contributed by atoms with Gasteiger partial charge >= 0.3 is 6.09 Å². The van der Waals surface area contributed by atoms with Gasteiger partial charge in [0.1, 0.15) is 12.9 Å². The number of hydrogen-bond acceptors (Lipinski definition) is 3. The quantitative estimate of drug-likeness (QED) is 0.803. The number of rotatable bonds is 3. The van der Waals surface area contributed by atoms with Crippen molar-refractivity contribution in [2.24, 2.45) is 17.8 Å². The average molecular weight is 287 g/mol. The summed E-state index contributed by atoms with van der Waals surface area (Å²) in [5, 5.41) is 0. The van der Waals surface area contributed by atoms with Crippen molar-refractivity contribution in [1.82, 2.24) is 4.90 Å². The van der Waals surface area contributed by atoms with Crippen LogP contribution in [0.1, 0.15) is 24.8 Å². The third-order valence-electron chi connectivity index (χ3n) is 4.75. The van der Waals surface area contributed by atoms with Crippen molar-refractivity contribution < 1.29 is 14.3 Å². The molecule has 2 fully saturated rings. The lowest BCUT2D eigenvalue weighted by atomic mass is 9.76. The minimum Gasteiger partial charge on any atom is -0.445 e. The van der Waals surface area contributed by atoms with Crippen molar-refractivity contribution in [2.45, 2.75) is 25.9 Å².